The Morgan fingerprint density at radius 3 is 2.88 bits per heavy atom. The largest absolute Gasteiger partial charge is 0.398 e. The van der Waals surface area contributed by atoms with Gasteiger partial charge in [-0.1, -0.05) is 21.1 Å². The predicted molar refractivity (Wildman–Crippen MR) is 69.4 cm³/mol. The molecule has 2 N–H and O–H groups in total. The molecule has 16 heavy (non-hydrogen) atoms. The van der Waals surface area contributed by atoms with Crippen LogP contribution in [0.1, 0.15) is 11.5 Å². The highest BCUT2D eigenvalue weighted by Crippen LogP contribution is 2.30. The average molecular weight is 299 g/mol. The van der Waals surface area contributed by atoms with Crippen LogP contribution in [0.5, 0.6) is 0 Å². The van der Waals surface area contributed by atoms with E-state index in [2.05, 4.69) is 21.1 Å². The zero-order valence-electron chi connectivity index (χ0n) is 8.74. The molecular weight excluding hydrogens is 288 g/mol. The van der Waals surface area contributed by atoms with Crippen LogP contribution in [0.2, 0.25) is 0 Å². The molecule has 1 aromatic carbocycles. The second-order valence-electron chi connectivity index (χ2n) is 3.40. The van der Waals surface area contributed by atoms with Crippen LogP contribution in [0, 0.1) is 6.92 Å². The number of rotatable bonds is 3. The summed E-state index contributed by atoms with van der Waals surface area (Å²) in [5.74, 6) is 1.60. The summed E-state index contributed by atoms with van der Waals surface area (Å²) in [4.78, 5) is 1.06. The number of aromatic nitrogens is 1. The van der Waals surface area contributed by atoms with Crippen LogP contribution in [0.15, 0.2) is 38.2 Å². The van der Waals surface area contributed by atoms with Gasteiger partial charge in [0.15, 0.2) is 0 Å². The first-order valence-corrected chi connectivity index (χ1v) is 6.53. The maximum atomic E-state index is 5.90. The highest BCUT2D eigenvalue weighted by atomic mass is 79.9. The first kappa shape index (κ1) is 11.5. The monoisotopic (exact) mass is 298 g/mol. The Hall–Kier alpha value is -0.940. The fraction of sp³-hybridized carbons (Fsp3) is 0.182. The van der Waals surface area contributed by atoms with E-state index < -0.39 is 0 Å². The maximum absolute atomic E-state index is 5.90. The van der Waals surface area contributed by atoms with Gasteiger partial charge in [0.1, 0.15) is 5.76 Å². The summed E-state index contributed by atoms with van der Waals surface area (Å²) in [5, 5.41) is 3.93. The minimum Gasteiger partial charge on any atom is -0.398 e. The number of anilines is 1. The molecule has 1 heterocycles. The molecule has 0 aliphatic rings. The van der Waals surface area contributed by atoms with Gasteiger partial charge < -0.3 is 10.3 Å². The molecular formula is C11H11BrN2OS. The van der Waals surface area contributed by atoms with Crippen molar-refractivity contribution in [1.29, 1.82) is 0 Å². The quantitative estimate of drug-likeness (QED) is 0.694. The van der Waals surface area contributed by atoms with E-state index in [4.69, 9.17) is 10.3 Å². The van der Waals surface area contributed by atoms with Gasteiger partial charge in [0, 0.05) is 26.9 Å². The van der Waals surface area contributed by atoms with Crippen molar-refractivity contribution < 1.29 is 4.52 Å². The molecule has 2 aromatic rings. The average Bonchev–Trinajstić information content (AvgIpc) is 2.63. The van der Waals surface area contributed by atoms with Crippen LogP contribution < -0.4 is 5.73 Å². The molecule has 5 heteroatoms. The summed E-state index contributed by atoms with van der Waals surface area (Å²) >= 11 is 5.03. The van der Waals surface area contributed by atoms with E-state index in [9.17, 15) is 0 Å². The number of hydrogen-bond acceptors (Lipinski definition) is 4. The number of hydrogen-bond donors (Lipinski definition) is 1. The molecule has 84 valence electrons. The van der Waals surface area contributed by atoms with Crippen LogP contribution in [0.3, 0.4) is 0 Å². The van der Waals surface area contributed by atoms with Gasteiger partial charge in [0.2, 0.25) is 0 Å². The number of halogens is 1. The van der Waals surface area contributed by atoms with Gasteiger partial charge in [-0.2, -0.15) is 0 Å². The van der Waals surface area contributed by atoms with Crippen molar-refractivity contribution in [2.45, 2.75) is 17.6 Å². The van der Waals surface area contributed by atoms with Gasteiger partial charge in [0.05, 0.1) is 5.69 Å². The Balaban J connectivity index is 2.04. The molecule has 2 rings (SSSR count). The zero-order chi connectivity index (χ0) is 11.5. The molecule has 0 saturated carbocycles. The standard InChI is InChI=1S/C11H11BrN2OS/c1-7-4-9(14-15-7)6-16-11-3-2-8(12)5-10(11)13/h2-5H,6,13H2,1H3. The fourth-order valence-corrected chi connectivity index (χ4v) is 2.50. The minimum absolute atomic E-state index is 0.767. The molecule has 0 aliphatic carbocycles. The van der Waals surface area contributed by atoms with Crippen LogP contribution in [0.4, 0.5) is 5.69 Å². The lowest BCUT2D eigenvalue weighted by Crippen LogP contribution is -1.89. The molecule has 0 amide bonds. The Kier molecular flexibility index (Phi) is 3.56. The number of nitrogens with zero attached hydrogens (tertiary/aromatic N) is 1. The summed E-state index contributed by atoms with van der Waals surface area (Å²) in [6.45, 7) is 1.88. The Morgan fingerprint density at radius 1 is 1.44 bits per heavy atom. The summed E-state index contributed by atoms with van der Waals surface area (Å²) in [7, 11) is 0. The summed E-state index contributed by atoms with van der Waals surface area (Å²) < 4.78 is 5.99. The highest BCUT2D eigenvalue weighted by Gasteiger charge is 2.04. The molecule has 1 aromatic heterocycles. The third-order valence-electron chi connectivity index (χ3n) is 2.02. The number of benzene rings is 1. The molecule has 0 aliphatic heterocycles. The van der Waals surface area contributed by atoms with E-state index in [1.807, 2.05) is 31.2 Å². The summed E-state index contributed by atoms with van der Waals surface area (Å²) in [6, 6.07) is 7.81. The van der Waals surface area contributed by atoms with E-state index >= 15 is 0 Å². The third kappa shape index (κ3) is 2.80. The second kappa shape index (κ2) is 4.93. The third-order valence-corrected chi connectivity index (χ3v) is 3.64. The van der Waals surface area contributed by atoms with E-state index in [0.717, 1.165) is 32.3 Å². The van der Waals surface area contributed by atoms with Crippen LogP contribution in [-0.2, 0) is 5.75 Å². The van der Waals surface area contributed by atoms with E-state index in [-0.39, 0.29) is 0 Å². The topological polar surface area (TPSA) is 52.0 Å². The molecule has 3 nitrogen and oxygen atoms in total. The lowest BCUT2D eigenvalue weighted by atomic mass is 10.3. The lowest BCUT2D eigenvalue weighted by molar-refractivity contribution is 0.393. The summed E-state index contributed by atoms with van der Waals surface area (Å²) in [5.41, 5.74) is 7.61. The van der Waals surface area contributed by atoms with Crippen molar-refractivity contribution in [3.63, 3.8) is 0 Å². The SMILES string of the molecule is Cc1cc(CSc2ccc(Br)cc2N)no1. The van der Waals surface area contributed by atoms with Crippen molar-refractivity contribution in [2.24, 2.45) is 0 Å². The molecule has 0 spiro atoms. The van der Waals surface area contributed by atoms with Gasteiger partial charge in [-0.15, -0.1) is 11.8 Å². The van der Waals surface area contributed by atoms with Crippen molar-refractivity contribution >= 4 is 33.4 Å². The highest BCUT2D eigenvalue weighted by molar-refractivity contribution is 9.10. The van der Waals surface area contributed by atoms with Gasteiger partial charge in [-0.05, 0) is 25.1 Å². The first-order chi connectivity index (χ1) is 7.65. The fourth-order valence-electron chi connectivity index (χ4n) is 1.29. The van der Waals surface area contributed by atoms with Crippen LogP contribution >= 0.6 is 27.7 Å². The van der Waals surface area contributed by atoms with Crippen LogP contribution in [-0.4, -0.2) is 5.16 Å². The van der Waals surface area contributed by atoms with Gasteiger partial charge >= 0.3 is 0 Å². The number of thioether (sulfide) groups is 1. The minimum atomic E-state index is 0.767. The Morgan fingerprint density at radius 2 is 2.25 bits per heavy atom. The first-order valence-electron chi connectivity index (χ1n) is 4.75. The van der Waals surface area contributed by atoms with E-state index in [1.165, 1.54) is 0 Å². The van der Waals surface area contributed by atoms with Crippen molar-refractivity contribution in [3.05, 3.63) is 40.2 Å². The van der Waals surface area contributed by atoms with Crippen molar-refractivity contribution in [3.8, 4) is 0 Å². The number of aryl methyl sites for hydroxylation is 1. The second-order valence-corrected chi connectivity index (χ2v) is 5.33. The Labute approximate surface area is 107 Å². The van der Waals surface area contributed by atoms with Gasteiger partial charge in [-0.3, -0.25) is 0 Å². The zero-order valence-corrected chi connectivity index (χ0v) is 11.1. The molecule has 0 fully saturated rings. The van der Waals surface area contributed by atoms with E-state index in [1.54, 1.807) is 11.8 Å². The van der Waals surface area contributed by atoms with Crippen molar-refractivity contribution in [2.75, 3.05) is 5.73 Å². The Bertz CT molecular complexity index is 498. The van der Waals surface area contributed by atoms with Crippen molar-refractivity contribution in [1.82, 2.24) is 5.16 Å². The smallest absolute Gasteiger partial charge is 0.133 e. The molecule has 0 saturated heterocycles. The molecule has 0 atom stereocenters. The lowest BCUT2D eigenvalue weighted by Gasteiger charge is -2.03. The number of nitrogens with two attached hydrogens (primary N) is 1. The van der Waals surface area contributed by atoms with Gasteiger partial charge in [0.25, 0.3) is 0 Å². The normalized spacial score (nSPS) is 10.6. The molecule has 0 radical (unpaired) electrons. The predicted octanol–water partition coefficient (Wildman–Crippen LogP) is 3.62. The number of nitrogen functional groups attached to an aromatic ring is 1. The molecule has 0 bridgehead atoms. The maximum Gasteiger partial charge on any atom is 0.133 e. The summed E-state index contributed by atoms with van der Waals surface area (Å²) in [6.07, 6.45) is 0. The van der Waals surface area contributed by atoms with E-state index in [0.29, 0.717) is 0 Å². The van der Waals surface area contributed by atoms with Crippen LogP contribution in [0.25, 0.3) is 0 Å². The van der Waals surface area contributed by atoms with Gasteiger partial charge in [-0.25, -0.2) is 0 Å². The molecule has 0 unspecified atom stereocenters.